The average molecular weight is 364 g/mol. The Balaban J connectivity index is 1.98. The van der Waals surface area contributed by atoms with Crippen molar-refractivity contribution in [3.05, 3.63) is 64.2 Å². The first kappa shape index (κ1) is 18.8. The van der Waals surface area contributed by atoms with Crippen LogP contribution in [0, 0.1) is 0 Å². The van der Waals surface area contributed by atoms with Crippen molar-refractivity contribution in [1.29, 1.82) is 0 Å². The van der Waals surface area contributed by atoms with Crippen LogP contribution in [-0.2, 0) is 0 Å². The van der Waals surface area contributed by atoms with E-state index in [2.05, 4.69) is 33.0 Å². The Morgan fingerprint density at radius 1 is 0.889 bits per heavy atom. The molecule has 0 saturated heterocycles. The topological polar surface area (TPSA) is 66.5 Å². The van der Waals surface area contributed by atoms with Crippen LogP contribution in [0.4, 0.5) is 5.69 Å². The summed E-state index contributed by atoms with van der Waals surface area (Å²) in [5.74, 6) is -0.495. The minimum atomic E-state index is -0.380. The standard InChI is InChI=1S/C22H24N2O3/c1-12(2)15-7-6-8-16(13(3)4)19(15)23-20(25)14-9-10-17-18(11-14)22(27)24(5)21(17)26/h6-13H,1-5H3,(H,23,25). The van der Waals surface area contributed by atoms with Crippen molar-refractivity contribution in [2.24, 2.45) is 0 Å². The van der Waals surface area contributed by atoms with E-state index in [9.17, 15) is 14.4 Å². The number of carbonyl (C=O) groups is 3. The van der Waals surface area contributed by atoms with Crippen LogP contribution < -0.4 is 5.32 Å². The second kappa shape index (κ2) is 6.99. The number of rotatable bonds is 4. The van der Waals surface area contributed by atoms with Gasteiger partial charge in [0.1, 0.15) is 0 Å². The normalized spacial score (nSPS) is 13.5. The lowest BCUT2D eigenvalue weighted by Crippen LogP contribution is -2.24. The van der Waals surface area contributed by atoms with Crippen molar-refractivity contribution < 1.29 is 14.4 Å². The van der Waals surface area contributed by atoms with Crippen LogP contribution in [0.15, 0.2) is 36.4 Å². The largest absolute Gasteiger partial charge is 0.321 e. The van der Waals surface area contributed by atoms with E-state index < -0.39 is 0 Å². The number of carbonyl (C=O) groups excluding carboxylic acids is 3. The van der Waals surface area contributed by atoms with Gasteiger partial charge in [0.2, 0.25) is 0 Å². The van der Waals surface area contributed by atoms with Gasteiger partial charge in [0.25, 0.3) is 17.7 Å². The smallest absolute Gasteiger partial charge is 0.261 e. The van der Waals surface area contributed by atoms with Crippen molar-refractivity contribution in [2.45, 2.75) is 39.5 Å². The second-order valence-corrected chi connectivity index (χ2v) is 7.50. The number of hydrogen-bond donors (Lipinski definition) is 1. The van der Waals surface area contributed by atoms with Gasteiger partial charge >= 0.3 is 0 Å². The molecule has 1 heterocycles. The van der Waals surface area contributed by atoms with Gasteiger partial charge in [0.05, 0.1) is 11.1 Å². The number of nitrogens with one attached hydrogen (secondary N) is 1. The van der Waals surface area contributed by atoms with Crippen molar-refractivity contribution in [3.63, 3.8) is 0 Å². The maximum absolute atomic E-state index is 12.9. The lowest BCUT2D eigenvalue weighted by Gasteiger charge is -2.20. The first-order valence-corrected chi connectivity index (χ1v) is 9.13. The number of nitrogens with zero attached hydrogens (tertiary/aromatic N) is 1. The van der Waals surface area contributed by atoms with E-state index in [1.807, 2.05) is 18.2 Å². The number of anilines is 1. The molecule has 0 atom stereocenters. The number of imide groups is 1. The molecule has 27 heavy (non-hydrogen) atoms. The van der Waals surface area contributed by atoms with Gasteiger partial charge in [0.15, 0.2) is 0 Å². The molecule has 0 bridgehead atoms. The molecule has 0 aromatic heterocycles. The zero-order valence-corrected chi connectivity index (χ0v) is 16.3. The zero-order chi connectivity index (χ0) is 19.9. The molecule has 3 rings (SSSR count). The summed E-state index contributed by atoms with van der Waals surface area (Å²) in [6, 6.07) is 10.7. The summed E-state index contributed by atoms with van der Waals surface area (Å²) in [4.78, 5) is 38.2. The molecule has 0 fully saturated rings. The van der Waals surface area contributed by atoms with Crippen LogP contribution in [0.1, 0.15) is 81.7 Å². The van der Waals surface area contributed by atoms with Gasteiger partial charge in [-0.05, 0) is 41.2 Å². The highest BCUT2D eigenvalue weighted by Crippen LogP contribution is 2.33. The minimum Gasteiger partial charge on any atom is -0.321 e. The lowest BCUT2D eigenvalue weighted by atomic mass is 9.92. The fourth-order valence-electron chi connectivity index (χ4n) is 3.38. The summed E-state index contributed by atoms with van der Waals surface area (Å²) < 4.78 is 0. The van der Waals surface area contributed by atoms with Gasteiger partial charge in [-0.1, -0.05) is 45.9 Å². The lowest BCUT2D eigenvalue weighted by molar-refractivity contribution is 0.0693. The highest BCUT2D eigenvalue weighted by Gasteiger charge is 2.33. The third-order valence-corrected chi connectivity index (χ3v) is 4.96. The third kappa shape index (κ3) is 3.25. The molecular weight excluding hydrogens is 340 g/mol. The molecule has 2 aromatic rings. The van der Waals surface area contributed by atoms with Crippen LogP contribution in [0.3, 0.4) is 0 Å². The van der Waals surface area contributed by atoms with E-state index in [0.29, 0.717) is 11.1 Å². The molecule has 5 nitrogen and oxygen atoms in total. The summed E-state index contributed by atoms with van der Waals surface area (Å²) in [5.41, 5.74) is 3.94. The molecule has 1 N–H and O–H groups in total. The maximum atomic E-state index is 12.9. The molecule has 1 aliphatic heterocycles. The van der Waals surface area contributed by atoms with E-state index in [4.69, 9.17) is 0 Å². The fourth-order valence-corrected chi connectivity index (χ4v) is 3.38. The number of para-hydroxylation sites is 1. The van der Waals surface area contributed by atoms with Crippen molar-refractivity contribution in [3.8, 4) is 0 Å². The Morgan fingerprint density at radius 2 is 1.44 bits per heavy atom. The summed E-state index contributed by atoms with van der Waals surface area (Å²) in [6.07, 6.45) is 0. The number of fused-ring (bicyclic) bond motifs is 1. The van der Waals surface area contributed by atoms with Crippen LogP contribution in [0.5, 0.6) is 0 Å². The third-order valence-electron chi connectivity index (χ3n) is 4.96. The van der Waals surface area contributed by atoms with E-state index in [1.165, 1.54) is 13.1 Å². The quantitative estimate of drug-likeness (QED) is 0.817. The van der Waals surface area contributed by atoms with Gasteiger partial charge < -0.3 is 5.32 Å². The SMILES string of the molecule is CC(C)c1cccc(C(C)C)c1NC(=O)c1ccc2c(c1)C(=O)N(C)C2=O. The Labute approximate surface area is 159 Å². The van der Waals surface area contributed by atoms with Gasteiger partial charge in [-0.3, -0.25) is 19.3 Å². The predicted molar refractivity (Wildman–Crippen MR) is 105 cm³/mol. The maximum Gasteiger partial charge on any atom is 0.261 e. The molecule has 2 aromatic carbocycles. The van der Waals surface area contributed by atoms with E-state index >= 15 is 0 Å². The van der Waals surface area contributed by atoms with Crippen molar-refractivity contribution in [2.75, 3.05) is 12.4 Å². The number of benzene rings is 2. The van der Waals surface area contributed by atoms with Crippen molar-refractivity contribution in [1.82, 2.24) is 4.90 Å². The van der Waals surface area contributed by atoms with Crippen LogP contribution in [0.25, 0.3) is 0 Å². The molecular formula is C22H24N2O3. The predicted octanol–water partition coefficient (Wildman–Crippen LogP) is 4.41. The highest BCUT2D eigenvalue weighted by molar-refractivity contribution is 6.22. The monoisotopic (exact) mass is 364 g/mol. The van der Waals surface area contributed by atoms with E-state index in [-0.39, 0.29) is 35.1 Å². The van der Waals surface area contributed by atoms with Gasteiger partial charge in [-0.25, -0.2) is 0 Å². The Morgan fingerprint density at radius 3 is 2.00 bits per heavy atom. The van der Waals surface area contributed by atoms with Gasteiger partial charge in [-0.2, -0.15) is 0 Å². The first-order chi connectivity index (χ1) is 12.7. The Hall–Kier alpha value is -2.95. The summed E-state index contributed by atoms with van der Waals surface area (Å²) >= 11 is 0. The zero-order valence-electron chi connectivity index (χ0n) is 16.3. The molecule has 0 saturated carbocycles. The van der Waals surface area contributed by atoms with E-state index in [0.717, 1.165) is 21.7 Å². The summed E-state index contributed by atoms with van der Waals surface area (Å²) in [6.45, 7) is 8.35. The average Bonchev–Trinajstić information content (AvgIpc) is 2.85. The number of amides is 3. The molecule has 0 aliphatic carbocycles. The molecule has 0 spiro atoms. The van der Waals surface area contributed by atoms with Crippen LogP contribution in [0.2, 0.25) is 0 Å². The molecule has 0 unspecified atom stereocenters. The molecule has 3 amide bonds. The molecule has 0 radical (unpaired) electrons. The van der Waals surface area contributed by atoms with Gasteiger partial charge in [0, 0.05) is 18.3 Å². The molecule has 140 valence electrons. The minimum absolute atomic E-state index is 0.256. The molecule has 1 aliphatic rings. The second-order valence-electron chi connectivity index (χ2n) is 7.50. The fraction of sp³-hybridized carbons (Fsp3) is 0.318. The summed E-state index contributed by atoms with van der Waals surface area (Å²) in [7, 11) is 1.44. The van der Waals surface area contributed by atoms with Gasteiger partial charge in [-0.15, -0.1) is 0 Å². The van der Waals surface area contributed by atoms with Crippen LogP contribution >= 0.6 is 0 Å². The summed E-state index contributed by atoms with van der Waals surface area (Å²) in [5, 5.41) is 3.04. The Kier molecular flexibility index (Phi) is 4.87. The Bertz CT molecular complexity index is 918. The van der Waals surface area contributed by atoms with E-state index in [1.54, 1.807) is 12.1 Å². The number of hydrogen-bond acceptors (Lipinski definition) is 3. The highest BCUT2D eigenvalue weighted by atomic mass is 16.2. The first-order valence-electron chi connectivity index (χ1n) is 9.13. The van der Waals surface area contributed by atoms with Crippen molar-refractivity contribution >= 4 is 23.4 Å². The molecule has 5 heteroatoms. The van der Waals surface area contributed by atoms with Crippen LogP contribution in [-0.4, -0.2) is 29.7 Å².